The van der Waals surface area contributed by atoms with E-state index < -0.39 is 4.92 Å². The fourth-order valence-corrected chi connectivity index (χ4v) is 2.50. The van der Waals surface area contributed by atoms with Gasteiger partial charge in [0.2, 0.25) is 0 Å². The summed E-state index contributed by atoms with van der Waals surface area (Å²) in [4.78, 5) is 24.8. The minimum absolute atomic E-state index is 0.0735. The number of nitro benzene ring substituents is 1. The third kappa shape index (κ3) is 5.12. The normalized spacial score (nSPS) is 11.0. The number of carbonyl (C=O) groups excluding carboxylic acids is 1. The Morgan fingerprint density at radius 1 is 1.24 bits per heavy atom. The Labute approximate surface area is 133 Å². The summed E-state index contributed by atoms with van der Waals surface area (Å²) in [7, 11) is 0. The Balaban J connectivity index is 3.12. The van der Waals surface area contributed by atoms with Crippen LogP contribution in [0.1, 0.15) is 38.1 Å². The molecular formula is C15H21BrN2O3. The Hall–Kier alpha value is -1.43. The maximum absolute atomic E-state index is 12.7. The molecule has 0 fully saturated rings. The van der Waals surface area contributed by atoms with E-state index in [1.807, 2.05) is 27.7 Å². The summed E-state index contributed by atoms with van der Waals surface area (Å²) in [6.45, 7) is 9.44. The number of halogens is 1. The van der Waals surface area contributed by atoms with Crippen LogP contribution in [0.15, 0.2) is 22.7 Å². The predicted octanol–water partition coefficient (Wildman–Crippen LogP) is 4.11. The first-order chi connectivity index (χ1) is 9.72. The number of nitro groups is 1. The third-order valence-electron chi connectivity index (χ3n) is 2.85. The topological polar surface area (TPSA) is 63.5 Å². The van der Waals surface area contributed by atoms with Crippen molar-refractivity contribution in [3.8, 4) is 0 Å². The molecule has 0 aliphatic heterocycles. The monoisotopic (exact) mass is 356 g/mol. The first-order valence-electron chi connectivity index (χ1n) is 6.95. The molecule has 1 amide bonds. The van der Waals surface area contributed by atoms with Gasteiger partial charge in [-0.25, -0.2) is 0 Å². The van der Waals surface area contributed by atoms with E-state index in [-0.39, 0.29) is 11.6 Å². The number of rotatable bonds is 6. The van der Waals surface area contributed by atoms with Crippen molar-refractivity contribution in [3.05, 3.63) is 38.3 Å². The molecule has 5 nitrogen and oxygen atoms in total. The molecule has 21 heavy (non-hydrogen) atoms. The van der Waals surface area contributed by atoms with Crippen molar-refractivity contribution >= 4 is 27.5 Å². The van der Waals surface area contributed by atoms with Crippen LogP contribution >= 0.6 is 15.9 Å². The van der Waals surface area contributed by atoms with Crippen LogP contribution in [-0.2, 0) is 0 Å². The summed E-state index contributed by atoms with van der Waals surface area (Å²) in [5.41, 5.74) is 0.265. The minimum atomic E-state index is -0.488. The highest BCUT2D eigenvalue weighted by molar-refractivity contribution is 9.10. The number of benzene rings is 1. The summed E-state index contributed by atoms with van der Waals surface area (Å²) in [5.74, 6) is 0.503. The molecule has 116 valence electrons. The Morgan fingerprint density at radius 2 is 1.76 bits per heavy atom. The molecule has 1 aromatic carbocycles. The van der Waals surface area contributed by atoms with Crippen LogP contribution < -0.4 is 0 Å². The lowest BCUT2D eigenvalue weighted by molar-refractivity contribution is -0.384. The lowest BCUT2D eigenvalue weighted by Crippen LogP contribution is -2.37. The van der Waals surface area contributed by atoms with E-state index in [1.54, 1.807) is 11.0 Å². The number of hydrogen-bond acceptors (Lipinski definition) is 3. The summed E-state index contributed by atoms with van der Waals surface area (Å²) in [5, 5.41) is 10.9. The van der Waals surface area contributed by atoms with Gasteiger partial charge in [-0.05, 0) is 33.8 Å². The van der Waals surface area contributed by atoms with Gasteiger partial charge in [-0.1, -0.05) is 27.7 Å². The fourth-order valence-electron chi connectivity index (χ4n) is 2.08. The molecule has 0 aliphatic carbocycles. The molecule has 0 aliphatic rings. The van der Waals surface area contributed by atoms with Gasteiger partial charge in [-0.2, -0.15) is 0 Å². The molecule has 0 heterocycles. The van der Waals surface area contributed by atoms with Gasteiger partial charge in [0, 0.05) is 29.7 Å². The highest BCUT2D eigenvalue weighted by Gasteiger charge is 2.22. The summed E-state index contributed by atoms with van der Waals surface area (Å²) < 4.78 is 0.579. The van der Waals surface area contributed by atoms with Gasteiger partial charge in [0.05, 0.1) is 10.5 Å². The SMILES string of the molecule is CC(C)CN(CC(C)C)C(=O)c1cc([N+](=O)[O-])ccc1Br. The molecule has 0 unspecified atom stereocenters. The lowest BCUT2D eigenvalue weighted by atomic mass is 10.1. The van der Waals surface area contributed by atoms with E-state index in [2.05, 4.69) is 15.9 Å². The van der Waals surface area contributed by atoms with E-state index in [9.17, 15) is 14.9 Å². The molecule has 0 radical (unpaired) electrons. The number of amides is 1. The van der Waals surface area contributed by atoms with Crippen LogP contribution in [-0.4, -0.2) is 28.8 Å². The first-order valence-corrected chi connectivity index (χ1v) is 7.74. The number of nitrogens with zero attached hydrogens (tertiary/aromatic N) is 2. The van der Waals surface area contributed by atoms with Crippen molar-refractivity contribution < 1.29 is 9.72 Å². The number of carbonyl (C=O) groups is 1. The zero-order chi connectivity index (χ0) is 16.2. The van der Waals surface area contributed by atoms with Crippen molar-refractivity contribution in [2.75, 3.05) is 13.1 Å². The zero-order valence-corrected chi connectivity index (χ0v) is 14.4. The number of hydrogen-bond donors (Lipinski definition) is 0. The molecule has 6 heteroatoms. The van der Waals surface area contributed by atoms with Crippen molar-refractivity contribution in [2.45, 2.75) is 27.7 Å². The van der Waals surface area contributed by atoms with E-state index in [0.717, 1.165) is 0 Å². The molecule has 0 bridgehead atoms. The average Bonchev–Trinajstić information content (AvgIpc) is 2.36. The van der Waals surface area contributed by atoms with Gasteiger partial charge < -0.3 is 4.90 Å². The molecule has 0 atom stereocenters. The first kappa shape index (κ1) is 17.6. The Morgan fingerprint density at radius 3 is 2.19 bits per heavy atom. The quantitative estimate of drug-likeness (QED) is 0.568. The predicted molar refractivity (Wildman–Crippen MR) is 86.4 cm³/mol. The molecule has 0 spiro atoms. The van der Waals surface area contributed by atoms with Gasteiger partial charge in [0.25, 0.3) is 11.6 Å². The molecule has 0 N–H and O–H groups in total. The smallest absolute Gasteiger partial charge is 0.270 e. The van der Waals surface area contributed by atoms with Crippen LogP contribution in [0.2, 0.25) is 0 Å². The molecule has 0 saturated heterocycles. The highest BCUT2D eigenvalue weighted by Crippen LogP contribution is 2.24. The summed E-state index contributed by atoms with van der Waals surface area (Å²) in [6, 6.07) is 4.27. The van der Waals surface area contributed by atoms with E-state index in [1.165, 1.54) is 12.1 Å². The average molecular weight is 357 g/mol. The highest BCUT2D eigenvalue weighted by atomic mass is 79.9. The summed E-state index contributed by atoms with van der Waals surface area (Å²) >= 11 is 3.31. The molecule has 1 rings (SSSR count). The van der Waals surface area contributed by atoms with Crippen molar-refractivity contribution in [1.29, 1.82) is 0 Å². The van der Waals surface area contributed by atoms with Crippen LogP contribution in [0, 0.1) is 22.0 Å². The molecular weight excluding hydrogens is 336 g/mol. The maximum Gasteiger partial charge on any atom is 0.270 e. The van der Waals surface area contributed by atoms with Gasteiger partial charge in [0.1, 0.15) is 0 Å². The largest absolute Gasteiger partial charge is 0.338 e. The van der Waals surface area contributed by atoms with Gasteiger partial charge in [-0.3, -0.25) is 14.9 Å². The second-order valence-corrected chi connectivity index (χ2v) is 6.77. The zero-order valence-electron chi connectivity index (χ0n) is 12.8. The Bertz CT molecular complexity index is 520. The van der Waals surface area contributed by atoms with E-state index in [4.69, 9.17) is 0 Å². The minimum Gasteiger partial charge on any atom is -0.338 e. The second-order valence-electron chi connectivity index (χ2n) is 5.92. The number of non-ortho nitro benzene ring substituents is 1. The van der Waals surface area contributed by atoms with Crippen LogP contribution in [0.4, 0.5) is 5.69 Å². The lowest BCUT2D eigenvalue weighted by Gasteiger charge is -2.26. The second kappa shape index (κ2) is 7.54. The van der Waals surface area contributed by atoms with E-state index >= 15 is 0 Å². The molecule has 1 aromatic rings. The van der Waals surface area contributed by atoms with Crippen molar-refractivity contribution in [1.82, 2.24) is 4.90 Å². The molecule has 0 saturated carbocycles. The maximum atomic E-state index is 12.7. The van der Waals surface area contributed by atoms with Gasteiger partial charge >= 0.3 is 0 Å². The van der Waals surface area contributed by atoms with Gasteiger partial charge in [0.15, 0.2) is 0 Å². The van der Waals surface area contributed by atoms with E-state index in [0.29, 0.717) is 35.0 Å². The Kier molecular flexibility index (Phi) is 6.33. The summed E-state index contributed by atoms with van der Waals surface area (Å²) in [6.07, 6.45) is 0. The van der Waals surface area contributed by atoms with Crippen molar-refractivity contribution in [3.63, 3.8) is 0 Å². The van der Waals surface area contributed by atoms with Crippen LogP contribution in [0.5, 0.6) is 0 Å². The third-order valence-corrected chi connectivity index (χ3v) is 3.54. The van der Waals surface area contributed by atoms with Crippen LogP contribution in [0.3, 0.4) is 0 Å². The standard InChI is InChI=1S/C15H21BrN2O3/c1-10(2)8-17(9-11(3)4)15(19)13-7-12(18(20)21)5-6-14(13)16/h5-7,10-11H,8-9H2,1-4H3. The molecule has 0 aromatic heterocycles. The van der Waals surface area contributed by atoms with Gasteiger partial charge in [-0.15, -0.1) is 0 Å². The van der Waals surface area contributed by atoms with Crippen LogP contribution in [0.25, 0.3) is 0 Å². The fraction of sp³-hybridized carbons (Fsp3) is 0.533. The van der Waals surface area contributed by atoms with Crippen molar-refractivity contribution in [2.24, 2.45) is 11.8 Å².